The molecular weight excluding hydrogens is 250 g/mol. The number of pyridine rings is 1. The van der Waals surface area contributed by atoms with Gasteiger partial charge >= 0.3 is 0 Å². The third-order valence-electron chi connectivity index (χ3n) is 3.77. The van der Waals surface area contributed by atoms with Gasteiger partial charge in [0.1, 0.15) is 0 Å². The average molecular weight is 269 g/mol. The summed E-state index contributed by atoms with van der Waals surface area (Å²) in [5, 5.41) is 3.38. The average Bonchev–Trinajstić information content (AvgIpc) is 2.56. The van der Waals surface area contributed by atoms with Crippen molar-refractivity contribution >= 4 is 5.95 Å². The SMILES string of the molecule is CN(c1ncc(-c2ccccn2)cn1)C1CCNCC1. The lowest BCUT2D eigenvalue weighted by molar-refractivity contribution is 0.439. The molecule has 20 heavy (non-hydrogen) atoms. The van der Waals surface area contributed by atoms with E-state index in [1.165, 1.54) is 0 Å². The molecule has 0 amide bonds. The Labute approximate surface area is 119 Å². The highest BCUT2D eigenvalue weighted by atomic mass is 15.3. The van der Waals surface area contributed by atoms with E-state index in [4.69, 9.17) is 0 Å². The first-order valence-corrected chi connectivity index (χ1v) is 7.01. The number of nitrogens with one attached hydrogen (secondary N) is 1. The van der Waals surface area contributed by atoms with Gasteiger partial charge in [0, 0.05) is 37.2 Å². The van der Waals surface area contributed by atoms with Crippen LogP contribution in [0.2, 0.25) is 0 Å². The summed E-state index contributed by atoms with van der Waals surface area (Å²) in [4.78, 5) is 15.5. The van der Waals surface area contributed by atoms with Crippen LogP contribution in [0.4, 0.5) is 5.95 Å². The van der Waals surface area contributed by atoms with E-state index in [1.807, 2.05) is 30.6 Å². The topological polar surface area (TPSA) is 53.9 Å². The predicted molar refractivity (Wildman–Crippen MR) is 79.6 cm³/mol. The second kappa shape index (κ2) is 5.96. The molecule has 1 fully saturated rings. The Morgan fingerprint density at radius 3 is 2.50 bits per heavy atom. The third kappa shape index (κ3) is 2.77. The fourth-order valence-electron chi connectivity index (χ4n) is 2.53. The van der Waals surface area contributed by atoms with E-state index in [0.29, 0.717) is 6.04 Å². The van der Waals surface area contributed by atoms with Crippen molar-refractivity contribution in [2.45, 2.75) is 18.9 Å². The monoisotopic (exact) mass is 269 g/mol. The van der Waals surface area contributed by atoms with Crippen LogP contribution in [0.15, 0.2) is 36.8 Å². The standard InChI is InChI=1S/C15H19N5/c1-20(13-5-8-16-9-6-13)15-18-10-12(11-19-15)14-4-2-3-7-17-14/h2-4,7,10-11,13,16H,5-6,8-9H2,1H3. The van der Waals surface area contributed by atoms with Crippen LogP contribution in [0.3, 0.4) is 0 Å². The summed E-state index contributed by atoms with van der Waals surface area (Å²) in [6.07, 6.45) is 7.76. The summed E-state index contributed by atoms with van der Waals surface area (Å²) in [6.45, 7) is 2.14. The number of hydrogen-bond donors (Lipinski definition) is 1. The van der Waals surface area contributed by atoms with Crippen molar-refractivity contribution in [3.8, 4) is 11.3 Å². The molecule has 104 valence electrons. The van der Waals surface area contributed by atoms with Gasteiger partial charge in [-0.15, -0.1) is 0 Å². The van der Waals surface area contributed by atoms with Crippen LogP contribution >= 0.6 is 0 Å². The van der Waals surface area contributed by atoms with Gasteiger partial charge in [-0.1, -0.05) is 6.07 Å². The predicted octanol–water partition coefficient (Wildman–Crippen LogP) is 1.73. The Kier molecular flexibility index (Phi) is 3.87. The molecule has 0 unspecified atom stereocenters. The zero-order valence-corrected chi connectivity index (χ0v) is 11.7. The maximum atomic E-state index is 4.48. The molecule has 5 heteroatoms. The normalized spacial score (nSPS) is 16.1. The van der Waals surface area contributed by atoms with Crippen molar-refractivity contribution in [1.82, 2.24) is 20.3 Å². The molecule has 0 radical (unpaired) electrons. The first-order valence-electron chi connectivity index (χ1n) is 7.01. The summed E-state index contributed by atoms with van der Waals surface area (Å²) >= 11 is 0. The largest absolute Gasteiger partial charge is 0.341 e. The molecule has 0 saturated carbocycles. The molecule has 2 aromatic rings. The molecule has 0 atom stereocenters. The molecule has 1 N–H and O–H groups in total. The van der Waals surface area contributed by atoms with Gasteiger partial charge in [0.2, 0.25) is 5.95 Å². The lowest BCUT2D eigenvalue weighted by Crippen LogP contribution is -2.41. The van der Waals surface area contributed by atoms with Gasteiger partial charge in [-0.05, 0) is 38.1 Å². The molecule has 0 aliphatic carbocycles. The summed E-state index contributed by atoms with van der Waals surface area (Å²) in [5.41, 5.74) is 1.86. The molecule has 3 rings (SSSR count). The highest BCUT2D eigenvalue weighted by Gasteiger charge is 2.19. The van der Waals surface area contributed by atoms with Crippen molar-refractivity contribution in [2.75, 3.05) is 25.0 Å². The maximum absolute atomic E-state index is 4.48. The minimum absolute atomic E-state index is 0.525. The number of hydrogen-bond acceptors (Lipinski definition) is 5. The number of anilines is 1. The molecule has 0 aromatic carbocycles. The van der Waals surface area contributed by atoms with Crippen molar-refractivity contribution < 1.29 is 0 Å². The number of aromatic nitrogens is 3. The summed E-state index contributed by atoms with van der Waals surface area (Å²) < 4.78 is 0. The van der Waals surface area contributed by atoms with Crippen LogP contribution in [0.1, 0.15) is 12.8 Å². The fraction of sp³-hybridized carbons (Fsp3) is 0.400. The van der Waals surface area contributed by atoms with E-state index in [0.717, 1.165) is 43.1 Å². The van der Waals surface area contributed by atoms with Crippen molar-refractivity contribution in [3.05, 3.63) is 36.8 Å². The van der Waals surface area contributed by atoms with E-state index in [2.05, 4.69) is 32.2 Å². The minimum atomic E-state index is 0.525. The molecule has 1 saturated heterocycles. The Bertz CT molecular complexity index is 534. The molecule has 1 aliphatic rings. The highest BCUT2D eigenvalue weighted by Crippen LogP contribution is 2.19. The van der Waals surface area contributed by atoms with E-state index in [-0.39, 0.29) is 0 Å². The zero-order chi connectivity index (χ0) is 13.8. The Balaban J connectivity index is 1.75. The van der Waals surface area contributed by atoms with E-state index in [9.17, 15) is 0 Å². The molecular formula is C15H19N5. The van der Waals surface area contributed by atoms with Crippen LogP contribution in [-0.2, 0) is 0 Å². The number of piperidine rings is 1. The minimum Gasteiger partial charge on any atom is -0.341 e. The van der Waals surface area contributed by atoms with Crippen molar-refractivity contribution in [2.24, 2.45) is 0 Å². The summed E-state index contributed by atoms with van der Waals surface area (Å²) in [6, 6.07) is 6.37. The Morgan fingerprint density at radius 1 is 1.10 bits per heavy atom. The molecule has 3 heterocycles. The van der Waals surface area contributed by atoms with Gasteiger partial charge < -0.3 is 10.2 Å². The van der Waals surface area contributed by atoms with E-state index < -0.39 is 0 Å². The van der Waals surface area contributed by atoms with Crippen LogP contribution in [-0.4, -0.2) is 41.1 Å². The van der Waals surface area contributed by atoms with Gasteiger partial charge in [0.05, 0.1) is 5.69 Å². The van der Waals surface area contributed by atoms with Gasteiger partial charge in [-0.25, -0.2) is 9.97 Å². The lowest BCUT2D eigenvalue weighted by Gasteiger charge is -2.31. The molecule has 5 nitrogen and oxygen atoms in total. The quantitative estimate of drug-likeness (QED) is 0.919. The number of rotatable bonds is 3. The molecule has 2 aromatic heterocycles. The Hall–Kier alpha value is -2.01. The second-order valence-corrected chi connectivity index (χ2v) is 5.08. The number of nitrogens with zero attached hydrogens (tertiary/aromatic N) is 4. The first kappa shape index (κ1) is 13.0. The van der Waals surface area contributed by atoms with Crippen LogP contribution < -0.4 is 10.2 Å². The molecule has 0 bridgehead atoms. The van der Waals surface area contributed by atoms with Gasteiger partial charge in [-0.3, -0.25) is 4.98 Å². The van der Waals surface area contributed by atoms with Crippen molar-refractivity contribution in [1.29, 1.82) is 0 Å². The Morgan fingerprint density at radius 2 is 1.85 bits per heavy atom. The maximum Gasteiger partial charge on any atom is 0.225 e. The van der Waals surface area contributed by atoms with Crippen LogP contribution in [0, 0.1) is 0 Å². The smallest absolute Gasteiger partial charge is 0.225 e. The van der Waals surface area contributed by atoms with Gasteiger partial charge in [0.25, 0.3) is 0 Å². The molecule has 0 spiro atoms. The van der Waals surface area contributed by atoms with E-state index in [1.54, 1.807) is 6.20 Å². The fourth-order valence-corrected chi connectivity index (χ4v) is 2.53. The van der Waals surface area contributed by atoms with Gasteiger partial charge in [0.15, 0.2) is 0 Å². The molecule has 1 aliphatic heterocycles. The second-order valence-electron chi connectivity index (χ2n) is 5.08. The zero-order valence-electron chi connectivity index (χ0n) is 11.7. The van der Waals surface area contributed by atoms with Crippen LogP contribution in [0.25, 0.3) is 11.3 Å². The first-order chi connectivity index (χ1) is 9.84. The van der Waals surface area contributed by atoms with Gasteiger partial charge in [-0.2, -0.15) is 0 Å². The third-order valence-corrected chi connectivity index (χ3v) is 3.77. The van der Waals surface area contributed by atoms with Crippen molar-refractivity contribution in [3.63, 3.8) is 0 Å². The highest BCUT2D eigenvalue weighted by molar-refractivity contribution is 5.57. The summed E-state index contributed by atoms with van der Waals surface area (Å²) in [7, 11) is 2.08. The van der Waals surface area contributed by atoms with Crippen LogP contribution in [0.5, 0.6) is 0 Å². The summed E-state index contributed by atoms with van der Waals surface area (Å²) in [5.74, 6) is 0.789. The van der Waals surface area contributed by atoms with E-state index >= 15 is 0 Å². The lowest BCUT2D eigenvalue weighted by atomic mass is 10.1.